The zero-order chi connectivity index (χ0) is 10.7. The lowest BCUT2D eigenvalue weighted by Crippen LogP contribution is -2.13. The van der Waals surface area contributed by atoms with E-state index in [1.54, 1.807) is 13.0 Å². The lowest BCUT2D eigenvalue weighted by molar-refractivity contribution is 0.582. The Morgan fingerprint density at radius 2 is 2.14 bits per heavy atom. The van der Waals surface area contributed by atoms with Gasteiger partial charge in [0.2, 0.25) is 0 Å². The fourth-order valence-electron chi connectivity index (χ4n) is 1.30. The molecule has 0 aliphatic rings. The van der Waals surface area contributed by atoms with Crippen molar-refractivity contribution >= 4 is 11.6 Å². The molecule has 1 aromatic carbocycles. The molecule has 0 aliphatic carbocycles. The second-order valence-corrected chi connectivity index (χ2v) is 4.14. The molecule has 1 nitrogen and oxygen atoms in total. The smallest absolute Gasteiger partial charge is 0.126 e. The highest BCUT2D eigenvalue weighted by Crippen LogP contribution is 2.22. The van der Waals surface area contributed by atoms with Crippen LogP contribution in [-0.2, 0) is 6.42 Å². The summed E-state index contributed by atoms with van der Waals surface area (Å²) >= 11 is 6.00. The number of benzene rings is 1. The number of hydrogen-bond acceptors (Lipinski definition) is 1. The van der Waals surface area contributed by atoms with Gasteiger partial charge in [0.1, 0.15) is 5.82 Å². The van der Waals surface area contributed by atoms with Crippen molar-refractivity contribution < 1.29 is 4.39 Å². The van der Waals surface area contributed by atoms with E-state index < -0.39 is 0 Å². The fraction of sp³-hybridized carbons (Fsp3) is 0.455. The van der Waals surface area contributed by atoms with Crippen LogP contribution in [0.1, 0.15) is 18.1 Å². The molecule has 1 rings (SSSR count). The van der Waals surface area contributed by atoms with Crippen molar-refractivity contribution in [1.82, 2.24) is 0 Å². The Morgan fingerprint density at radius 1 is 1.50 bits per heavy atom. The second-order valence-electron chi connectivity index (χ2n) is 3.74. The van der Waals surface area contributed by atoms with Crippen LogP contribution in [0.2, 0.25) is 5.02 Å². The lowest BCUT2D eigenvalue weighted by Gasteiger charge is -2.10. The topological polar surface area (TPSA) is 26.0 Å². The van der Waals surface area contributed by atoms with E-state index >= 15 is 0 Å². The monoisotopic (exact) mass is 215 g/mol. The van der Waals surface area contributed by atoms with Crippen molar-refractivity contribution in [3.05, 3.63) is 34.1 Å². The molecule has 3 heteroatoms. The van der Waals surface area contributed by atoms with Crippen LogP contribution in [0.25, 0.3) is 0 Å². The van der Waals surface area contributed by atoms with Crippen molar-refractivity contribution in [2.45, 2.75) is 20.3 Å². The summed E-state index contributed by atoms with van der Waals surface area (Å²) in [7, 11) is 0. The fourth-order valence-corrected chi connectivity index (χ4v) is 1.60. The molecule has 0 aromatic heterocycles. The van der Waals surface area contributed by atoms with Gasteiger partial charge in [-0.05, 0) is 49.1 Å². The number of hydrogen-bond donors (Lipinski definition) is 1. The SMILES string of the molecule is Cc1cc(Cl)c(CC(C)CN)cc1F. The van der Waals surface area contributed by atoms with Crippen LogP contribution in [0.3, 0.4) is 0 Å². The summed E-state index contributed by atoms with van der Waals surface area (Å²) in [5.74, 6) is 0.128. The normalized spacial score (nSPS) is 12.9. The third kappa shape index (κ3) is 2.69. The van der Waals surface area contributed by atoms with Gasteiger partial charge in [-0.25, -0.2) is 4.39 Å². The third-order valence-corrected chi connectivity index (χ3v) is 2.65. The van der Waals surface area contributed by atoms with E-state index in [9.17, 15) is 4.39 Å². The minimum absolute atomic E-state index is 0.200. The maximum Gasteiger partial charge on any atom is 0.126 e. The first-order valence-electron chi connectivity index (χ1n) is 4.69. The average Bonchev–Trinajstić information content (AvgIpc) is 2.14. The van der Waals surface area contributed by atoms with Crippen LogP contribution in [0, 0.1) is 18.7 Å². The first-order valence-corrected chi connectivity index (χ1v) is 5.07. The second kappa shape index (κ2) is 4.76. The van der Waals surface area contributed by atoms with Gasteiger partial charge in [0, 0.05) is 5.02 Å². The Morgan fingerprint density at radius 3 is 2.71 bits per heavy atom. The number of aryl methyl sites for hydroxylation is 1. The van der Waals surface area contributed by atoms with Crippen LogP contribution < -0.4 is 5.73 Å². The molecule has 2 N–H and O–H groups in total. The molecule has 1 aromatic rings. The van der Waals surface area contributed by atoms with Crippen molar-refractivity contribution in [3.8, 4) is 0 Å². The average molecular weight is 216 g/mol. The van der Waals surface area contributed by atoms with Crippen LogP contribution >= 0.6 is 11.6 Å². The van der Waals surface area contributed by atoms with Gasteiger partial charge in [-0.15, -0.1) is 0 Å². The third-order valence-electron chi connectivity index (χ3n) is 2.30. The molecule has 0 spiro atoms. The molecule has 0 saturated heterocycles. The quantitative estimate of drug-likeness (QED) is 0.825. The van der Waals surface area contributed by atoms with Crippen LogP contribution in [0.5, 0.6) is 0 Å². The minimum atomic E-state index is -0.200. The zero-order valence-corrected chi connectivity index (χ0v) is 9.24. The largest absolute Gasteiger partial charge is 0.330 e. The summed E-state index contributed by atoms with van der Waals surface area (Å²) in [5, 5.41) is 0.629. The number of halogens is 2. The highest BCUT2D eigenvalue weighted by Gasteiger charge is 2.08. The van der Waals surface area contributed by atoms with E-state index in [-0.39, 0.29) is 5.82 Å². The molecule has 0 saturated carbocycles. The van der Waals surface area contributed by atoms with E-state index in [1.807, 2.05) is 6.92 Å². The molecule has 0 aliphatic heterocycles. The van der Waals surface area contributed by atoms with E-state index in [0.29, 0.717) is 23.0 Å². The van der Waals surface area contributed by atoms with Gasteiger partial charge in [-0.1, -0.05) is 18.5 Å². The summed E-state index contributed by atoms with van der Waals surface area (Å²) in [4.78, 5) is 0. The highest BCUT2D eigenvalue weighted by atomic mass is 35.5. The maximum absolute atomic E-state index is 13.2. The molecule has 0 radical (unpaired) electrons. The Hall–Kier alpha value is -0.600. The molecule has 78 valence electrons. The Bertz CT molecular complexity index is 325. The summed E-state index contributed by atoms with van der Waals surface area (Å²) in [6, 6.07) is 3.17. The van der Waals surface area contributed by atoms with E-state index in [0.717, 1.165) is 12.0 Å². The lowest BCUT2D eigenvalue weighted by atomic mass is 10.00. The maximum atomic E-state index is 13.2. The van der Waals surface area contributed by atoms with E-state index in [4.69, 9.17) is 17.3 Å². The van der Waals surface area contributed by atoms with Crippen LogP contribution in [0.4, 0.5) is 4.39 Å². The minimum Gasteiger partial charge on any atom is -0.330 e. The molecule has 1 atom stereocenters. The van der Waals surface area contributed by atoms with Crippen LogP contribution in [0.15, 0.2) is 12.1 Å². The van der Waals surface area contributed by atoms with Crippen LogP contribution in [-0.4, -0.2) is 6.54 Å². The van der Waals surface area contributed by atoms with Gasteiger partial charge in [0.05, 0.1) is 0 Å². The molecule has 1 unspecified atom stereocenters. The first-order chi connectivity index (χ1) is 6.54. The predicted molar refractivity (Wildman–Crippen MR) is 58.1 cm³/mol. The summed E-state index contributed by atoms with van der Waals surface area (Å²) in [5.41, 5.74) is 6.92. The molecule has 0 fully saturated rings. The van der Waals surface area contributed by atoms with Crippen molar-refractivity contribution in [1.29, 1.82) is 0 Å². The summed E-state index contributed by atoms with van der Waals surface area (Å²) in [6.45, 7) is 4.32. The Balaban J connectivity index is 2.92. The van der Waals surface area contributed by atoms with Gasteiger partial charge in [0.15, 0.2) is 0 Å². The van der Waals surface area contributed by atoms with Crippen molar-refractivity contribution in [2.24, 2.45) is 11.7 Å². The Labute approximate surface area is 89.1 Å². The van der Waals surface area contributed by atoms with Gasteiger partial charge >= 0.3 is 0 Å². The number of rotatable bonds is 3. The predicted octanol–water partition coefficient (Wildman–Crippen LogP) is 2.92. The van der Waals surface area contributed by atoms with Gasteiger partial charge in [0.25, 0.3) is 0 Å². The molecule has 0 bridgehead atoms. The molecule has 0 heterocycles. The first kappa shape index (κ1) is 11.5. The molecule has 0 amide bonds. The highest BCUT2D eigenvalue weighted by molar-refractivity contribution is 6.31. The summed E-state index contributed by atoms with van der Waals surface area (Å²) < 4.78 is 13.2. The Kier molecular flexibility index (Phi) is 3.90. The zero-order valence-electron chi connectivity index (χ0n) is 8.48. The van der Waals surface area contributed by atoms with Gasteiger partial charge in [-0.2, -0.15) is 0 Å². The summed E-state index contributed by atoms with van der Waals surface area (Å²) in [6.07, 6.45) is 0.729. The molecule has 14 heavy (non-hydrogen) atoms. The van der Waals surface area contributed by atoms with E-state index in [2.05, 4.69) is 0 Å². The van der Waals surface area contributed by atoms with E-state index in [1.165, 1.54) is 6.07 Å². The molecular weight excluding hydrogens is 201 g/mol. The van der Waals surface area contributed by atoms with Crippen molar-refractivity contribution in [3.63, 3.8) is 0 Å². The van der Waals surface area contributed by atoms with Gasteiger partial charge < -0.3 is 5.73 Å². The van der Waals surface area contributed by atoms with Crippen molar-refractivity contribution in [2.75, 3.05) is 6.54 Å². The standard InChI is InChI=1S/C11H15ClFN/c1-7(6-14)3-9-5-11(13)8(2)4-10(9)12/h4-5,7H,3,6,14H2,1-2H3. The number of nitrogens with two attached hydrogens (primary N) is 1. The molecular formula is C11H15ClFN. The van der Waals surface area contributed by atoms with Gasteiger partial charge in [-0.3, -0.25) is 0 Å².